The fraction of sp³-hybridized carbons (Fsp3) is 0.650. The maximum absolute atomic E-state index is 5.67. The highest BCUT2D eigenvalue weighted by Crippen LogP contribution is 2.12. The van der Waals surface area contributed by atoms with Gasteiger partial charge in [0.25, 0.3) is 0 Å². The van der Waals surface area contributed by atoms with Gasteiger partial charge in [-0.3, -0.25) is 4.99 Å². The molecule has 0 aliphatic carbocycles. The number of para-hydroxylation sites is 1. The summed E-state index contributed by atoms with van der Waals surface area (Å²) in [6, 6.07) is 10.5. The second kappa shape index (κ2) is 12.5. The molecule has 146 valence electrons. The van der Waals surface area contributed by atoms with Gasteiger partial charge in [0.15, 0.2) is 5.96 Å². The fourth-order valence-electron chi connectivity index (χ4n) is 2.93. The van der Waals surface area contributed by atoms with Crippen molar-refractivity contribution in [3.8, 4) is 0 Å². The molecule has 1 aromatic rings. The van der Waals surface area contributed by atoms with Crippen LogP contribution in [-0.4, -0.2) is 65.6 Å². The maximum atomic E-state index is 5.67. The number of rotatable bonds is 11. The van der Waals surface area contributed by atoms with Crippen LogP contribution < -0.4 is 15.5 Å². The monoisotopic (exact) mass is 362 g/mol. The third-order valence-electron chi connectivity index (χ3n) is 4.47. The molecular formula is C20H34N4O2. The van der Waals surface area contributed by atoms with Crippen molar-refractivity contribution in [2.45, 2.75) is 31.8 Å². The van der Waals surface area contributed by atoms with E-state index in [0.717, 1.165) is 64.7 Å². The predicted octanol–water partition coefficient (Wildman–Crippen LogP) is 2.26. The Morgan fingerprint density at radius 2 is 2.00 bits per heavy atom. The van der Waals surface area contributed by atoms with Crippen molar-refractivity contribution in [3.63, 3.8) is 0 Å². The number of guanidine groups is 1. The molecule has 0 saturated carbocycles. The predicted molar refractivity (Wildman–Crippen MR) is 108 cm³/mol. The van der Waals surface area contributed by atoms with Gasteiger partial charge in [-0.1, -0.05) is 18.2 Å². The van der Waals surface area contributed by atoms with Crippen LogP contribution in [0.4, 0.5) is 5.69 Å². The lowest BCUT2D eigenvalue weighted by Gasteiger charge is -2.19. The highest BCUT2D eigenvalue weighted by molar-refractivity contribution is 5.79. The molecule has 1 aromatic carbocycles. The minimum Gasteiger partial charge on any atom is -0.379 e. The van der Waals surface area contributed by atoms with Gasteiger partial charge >= 0.3 is 0 Å². The molecule has 0 amide bonds. The van der Waals surface area contributed by atoms with Crippen molar-refractivity contribution >= 4 is 11.6 Å². The van der Waals surface area contributed by atoms with Gasteiger partial charge in [0.1, 0.15) is 0 Å². The second-order valence-electron chi connectivity index (χ2n) is 6.60. The minimum atomic E-state index is 0.311. The molecule has 0 aromatic heterocycles. The van der Waals surface area contributed by atoms with Crippen LogP contribution in [0, 0.1) is 0 Å². The van der Waals surface area contributed by atoms with E-state index in [1.807, 2.05) is 6.07 Å². The minimum absolute atomic E-state index is 0.311. The molecule has 1 aliphatic rings. The van der Waals surface area contributed by atoms with Crippen LogP contribution in [0.5, 0.6) is 0 Å². The van der Waals surface area contributed by atoms with Gasteiger partial charge in [-0.15, -0.1) is 0 Å². The summed E-state index contributed by atoms with van der Waals surface area (Å²) >= 11 is 0. The van der Waals surface area contributed by atoms with Gasteiger partial charge in [0.2, 0.25) is 0 Å². The molecule has 1 saturated heterocycles. The molecule has 26 heavy (non-hydrogen) atoms. The fourth-order valence-corrected chi connectivity index (χ4v) is 2.93. The van der Waals surface area contributed by atoms with E-state index < -0.39 is 0 Å². The Morgan fingerprint density at radius 3 is 2.69 bits per heavy atom. The number of benzene rings is 1. The summed E-state index contributed by atoms with van der Waals surface area (Å²) in [4.78, 5) is 6.53. The average Bonchev–Trinajstić information content (AvgIpc) is 3.20. The Bertz CT molecular complexity index is 504. The molecular weight excluding hydrogens is 328 g/mol. The highest BCUT2D eigenvalue weighted by atomic mass is 16.5. The van der Waals surface area contributed by atoms with E-state index in [4.69, 9.17) is 9.47 Å². The molecule has 1 unspecified atom stereocenters. The molecule has 2 rings (SSSR count). The van der Waals surface area contributed by atoms with E-state index in [9.17, 15) is 0 Å². The smallest absolute Gasteiger partial charge is 0.190 e. The quantitative estimate of drug-likeness (QED) is 0.359. The topological polar surface area (TPSA) is 58.1 Å². The lowest BCUT2D eigenvalue weighted by atomic mass is 10.2. The zero-order valence-corrected chi connectivity index (χ0v) is 16.2. The molecule has 1 heterocycles. The van der Waals surface area contributed by atoms with Crippen molar-refractivity contribution in [2.24, 2.45) is 4.99 Å². The van der Waals surface area contributed by atoms with Crippen LogP contribution >= 0.6 is 0 Å². The summed E-state index contributed by atoms with van der Waals surface area (Å²) in [5, 5.41) is 6.70. The van der Waals surface area contributed by atoms with E-state index in [0.29, 0.717) is 6.10 Å². The van der Waals surface area contributed by atoms with E-state index in [1.165, 1.54) is 12.1 Å². The lowest BCUT2D eigenvalue weighted by Crippen LogP contribution is -2.39. The Kier molecular flexibility index (Phi) is 9.90. The van der Waals surface area contributed by atoms with Crippen LogP contribution in [0.25, 0.3) is 0 Å². The number of anilines is 1. The van der Waals surface area contributed by atoms with Gasteiger partial charge in [0.05, 0.1) is 12.7 Å². The van der Waals surface area contributed by atoms with Crippen LogP contribution in [0.1, 0.15) is 25.7 Å². The van der Waals surface area contributed by atoms with Crippen molar-refractivity contribution in [1.29, 1.82) is 0 Å². The summed E-state index contributed by atoms with van der Waals surface area (Å²) in [7, 11) is 3.93. The summed E-state index contributed by atoms with van der Waals surface area (Å²) in [6.07, 6.45) is 4.62. The SMILES string of the molecule is CN=C(NCCCOCC1CCCO1)NCCCN(C)c1ccccc1. The summed E-state index contributed by atoms with van der Waals surface area (Å²) in [5.74, 6) is 0.853. The summed E-state index contributed by atoms with van der Waals surface area (Å²) < 4.78 is 11.2. The van der Waals surface area contributed by atoms with Crippen LogP contribution in [0.15, 0.2) is 35.3 Å². The summed E-state index contributed by atoms with van der Waals surface area (Å²) in [5.41, 5.74) is 1.25. The normalized spacial score (nSPS) is 17.3. The third-order valence-corrected chi connectivity index (χ3v) is 4.47. The van der Waals surface area contributed by atoms with Gasteiger partial charge in [-0.25, -0.2) is 0 Å². The standard InChI is InChI=1S/C20H34N4O2/c1-21-20(23-13-8-15-25-17-19-11-6-16-26-19)22-12-7-14-24(2)18-9-4-3-5-10-18/h3-5,9-10,19H,6-8,11-17H2,1-2H3,(H2,21,22,23). The largest absolute Gasteiger partial charge is 0.379 e. The van der Waals surface area contributed by atoms with Crippen LogP contribution in [0.2, 0.25) is 0 Å². The number of nitrogens with zero attached hydrogens (tertiary/aromatic N) is 2. The van der Waals surface area contributed by atoms with Crippen LogP contribution in [-0.2, 0) is 9.47 Å². The Balaban J connectivity index is 1.47. The molecule has 1 fully saturated rings. The molecule has 1 aliphatic heterocycles. The molecule has 2 N–H and O–H groups in total. The van der Waals surface area contributed by atoms with Crippen molar-refractivity contribution in [2.75, 3.05) is 58.5 Å². The van der Waals surface area contributed by atoms with E-state index >= 15 is 0 Å². The van der Waals surface area contributed by atoms with E-state index in [1.54, 1.807) is 7.05 Å². The second-order valence-corrected chi connectivity index (χ2v) is 6.60. The molecule has 0 radical (unpaired) electrons. The number of hydrogen-bond acceptors (Lipinski definition) is 4. The van der Waals surface area contributed by atoms with Gasteiger partial charge in [-0.2, -0.15) is 0 Å². The molecule has 6 nitrogen and oxygen atoms in total. The van der Waals surface area contributed by atoms with E-state index in [2.05, 4.69) is 51.8 Å². The van der Waals surface area contributed by atoms with Crippen molar-refractivity contribution in [1.82, 2.24) is 10.6 Å². The first-order valence-electron chi connectivity index (χ1n) is 9.69. The molecule has 0 spiro atoms. The number of hydrogen-bond donors (Lipinski definition) is 2. The zero-order chi connectivity index (χ0) is 18.5. The summed E-state index contributed by atoms with van der Waals surface area (Å²) in [6.45, 7) is 5.12. The molecule has 1 atom stereocenters. The van der Waals surface area contributed by atoms with Crippen molar-refractivity contribution in [3.05, 3.63) is 30.3 Å². The van der Waals surface area contributed by atoms with Crippen LogP contribution in [0.3, 0.4) is 0 Å². The van der Waals surface area contributed by atoms with Gasteiger partial charge < -0.3 is 25.0 Å². The first-order valence-corrected chi connectivity index (χ1v) is 9.69. The third kappa shape index (κ3) is 8.06. The van der Waals surface area contributed by atoms with Crippen molar-refractivity contribution < 1.29 is 9.47 Å². The molecule has 0 bridgehead atoms. The van der Waals surface area contributed by atoms with Gasteiger partial charge in [0, 0.05) is 52.6 Å². The number of ether oxygens (including phenoxy) is 2. The number of nitrogens with one attached hydrogen (secondary N) is 2. The highest BCUT2D eigenvalue weighted by Gasteiger charge is 2.14. The zero-order valence-electron chi connectivity index (χ0n) is 16.2. The Labute approximate surface area is 158 Å². The first kappa shape index (κ1) is 20.5. The maximum Gasteiger partial charge on any atom is 0.190 e. The average molecular weight is 363 g/mol. The Morgan fingerprint density at radius 1 is 1.23 bits per heavy atom. The first-order chi connectivity index (χ1) is 12.8. The van der Waals surface area contributed by atoms with E-state index in [-0.39, 0.29) is 0 Å². The van der Waals surface area contributed by atoms with Gasteiger partial charge in [-0.05, 0) is 37.8 Å². The lowest BCUT2D eigenvalue weighted by molar-refractivity contribution is 0.0168. The molecule has 6 heteroatoms. The number of aliphatic imine (C=N–C) groups is 1. The Hall–Kier alpha value is -1.79.